The molecule has 1 fully saturated rings. The highest BCUT2D eigenvalue weighted by atomic mass is 16.7. The van der Waals surface area contributed by atoms with E-state index in [1.165, 1.54) is 5.56 Å². The van der Waals surface area contributed by atoms with Crippen LogP contribution in [0, 0.1) is 11.8 Å². The molecule has 2 aromatic heterocycles. The number of imidazole rings is 1. The lowest BCUT2D eigenvalue weighted by atomic mass is 9.81. The summed E-state index contributed by atoms with van der Waals surface area (Å²) < 4.78 is 12.9. The molecule has 1 amide bonds. The molecule has 0 radical (unpaired) electrons. The van der Waals surface area contributed by atoms with Crippen LogP contribution in [0.2, 0.25) is 0 Å². The van der Waals surface area contributed by atoms with Gasteiger partial charge in [0.2, 0.25) is 11.7 Å². The predicted molar refractivity (Wildman–Crippen MR) is 178 cm³/mol. The van der Waals surface area contributed by atoms with Gasteiger partial charge in [0.05, 0.1) is 23.4 Å². The summed E-state index contributed by atoms with van der Waals surface area (Å²) in [5.74, 6) is 2.27. The van der Waals surface area contributed by atoms with Crippen LogP contribution in [0.3, 0.4) is 0 Å². The van der Waals surface area contributed by atoms with Gasteiger partial charge in [-0.15, -0.1) is 0 Å². The first-order valence-corrected chi connectivity index (χ1v) is 16.2. The Morgan fingerprint density at radius 2 is 1.89 bits per heavy atom. The Hall–Kier alpha value is -4.83. The lowest BCUT2D eigenvalue weighted by Crippen LogP contribution is -2.38. The fourth-order valence-electron chi connectivity index (χ4n) is 6.76. The van der Waals surface area contributed by atoms with E-state index in [2.05, 4.69) is 32.6 Å². The molecule has 1 aliphatic heterocycles. The van der Waals surface area contributed by atoms with Gasteiger partial charge in [0.1, 0.15) is 5.82 Å². The number of carbonyl (C=O) groups excluding carboxylic acids is 1. The fraction of sp³-hybridized carbons (Fsp3) is 0.361. The number of nitrogens with zero attached hydrogens (tertiary/aromatic N) is 2. The van der Waals surface area contributed by atoms with Gasteiger partial charge in [-0.25, -0.2) is 4.98 Å². The van der Waals surface area contributed by atoms with E-state index in [-0.39, 0.29) is 11.8 Å². The van der Waals surface area contributed by atoms with Gasteiger partial charge in [-0.05, 0) is 68.3 Å². The average molecular weight is 620 g/mol. The summed E-state index contributed by atoms with van der Waals surface area (Å²) in [5, 5.41) is 11.3. The van der Waals surface area contributed by atoms with Crippen molar-refractivity contribution in [1.29, 1.82) is 0 Å². The van der Waals surface area contributed by atoms with Gasteiger partial charge in [0, 0.05) is 42.2 Å². The lowest BCUT2D eigenvalue weighted by molar-refractivity contribution is -0.127. The number of amides is 1. The van der Waals surface area contributed by atoms with Crippen LogP contribution in [0.25, 0.3) is 22.2 Å². The molecule has 2 atom stereocenters. The van der Waals surface area contributed by atoms with E-state index in [4.69, 9.17) is 25.9 Å². The first kappa shape index (κ1) is 29.9. The minimum absolute atomic E-state index is 0.0460. The van der Waals surface area contributed by atoms with Gasteiger partial charge < -0.3 is 31.2 Å². The number of para-hydroxylation sites is 1. The quantitative estimate of drug-likeness (QED) is 0.132. The molecule has 7 N–H and O–H groups in total. The van der Waals surface area contributed by atoms with E-state index in [1.54, 1.807) is 6.20 Å². The van der Waals surface area contributed by atoms with E-state index in [0.29, 0.717) is 42.7 Å². The zero-order valence-electron chi connectivity index (χ0n) is 26.1. The molecule has 1 unspecified atom stereocenters. The summed E-state index contributed by atoms with van der Waals surface area (Å²) in [6, 6.07) is 21.8. The fourth-order valence-corrected chi connectivity index (χ4v) is 6.76. The molecule has 1 saturated carbocycles. The number of hydrogen-bond acceptors (Lipinski definition) is 7. The highest BCUT2D eigenvalue weighted by Crippen LogP contribution is 2.44. The molecular formula is C36H41N7O3. The van der Waals surface area contributed by atoms with Gasteiger partial charge in [-0.1, -0.05) is 48.5 Å². The normalized spacial score (nSPS) is 21.3. The molecule has 0 bridgehead atoms. The second-order valence-corrected chi connectivity index (χ2v) is 12.8. The second kappa shape index (κ2) is 12.5. The van der Waals surface area contributed by atoms with Gasteiger partial charge in [-0.2, -0.15) is 5.10 Å². The third kappa shape index (κ3) is 6.17. The van der Waals surface area contributed by atoms with Crippen molar-refractivity contribution in [2.24, 2.45) is 17.6 Å². The molecule has 10 heteroatoms. The van der Waals surface area contributed by atoms with E-state index >= 15 is 0 Å². The maximum Gasteiger partial charge on any atom is 0.249 e. The number of aromatic amines is 2. The number of aryl methyl sites for hydroxylation is 1. The Balaban J connectivity index is 1.14. The van der Waals surface area contributed by atoms with Crippen LogP contribution in [0.1, 0.15) is 62.0 Å². The number of benzene rings is 3. The van der Waals surface area contributed by atoms with E-state index < -0.39 is 11.8 Å². The zero-order chi connectivity index (χ0) is 31.7. The van der Waals surface area contributed by atoms with E-state index in [9.17, 15) is 4.79 Å². The number of H-pyrrole nitrogens is 2. The molecule has 3 aromatic carbocycles. The summed E-state index contributed by atoms with van der Waals surface area (Å²) in [4.78, 5) is 21.9. The minimum Gasteiger partial charge on any atom is -0.449 e. The number of nitrogen functional groups attached to an aromatic ring is 1. The smallest absolute Gasteiger partial charge is 0.249 e. The van der Waals surface area contributed by atoms with Crippen molar-refractivity contribution in [2.45, 2.75) is 63.7 Å². The number of nitrogens with two attached hydrogens (primary N) is 2. The van der Waals surface area contributed by atoms with Crippen LogP contribution < -0.4 is 26.3 Å². The monoisotopic (exact) mass is 619 g/mol. The average Bonchev–Trinajstić information content (AvgIpc) is 3.81. The number of anilines is 1. The number of fused-ring (bicyclic) bond motifs is 2. The molecule has 0 saturated heterocycles. The number of nitrogens with one attached hydrogen (secondary N) is 3. The molecule has 3 heterocycles. The first-order valence-electron chi connectivity index (χ1n) is 16.2. The Morgan fingerprint density at radius 1 is 1.07 bits per heavy atom. The highest BCUT2D eigenvalue weighted by Gasteiger charge is 2.38. The summed E-state index contributed by atoms with van der Waals surface area (Å²) in [6.07, 6.45) is 7.45. The van der Waals surface area contributed by atoms with E-state index in [1.807, 2.05) is 61.5 Å². The lowest BCUT2D eigenvalue weighted by Gasteiger charge is -2.28. The molecule has 46 heavy (non-hydrogen) atoms. The Kier molecular flexibility index (Phi) is 8.12. The van der Waals surface area contributed by atoms with Crippen LogP contribution in [-0.4, -0.2) is 38.4 Å². The van der Waals surface area contributed by atoms with E-state index in [0.717, 1.165) is 65.6 Å². The number of carbonyl (C=O) groups is 1. The number of hydrogen-bond donors (Lipinski definition) is 5. The van der Waals surface area contributed by atoms with Crippen LogP contribution in [-0.2, 0) is 17.6 Å². The van der Waals surface area contributed by atoms with Gasteiger partial charge in [-0.3, -0.25) is 9.89 Å². The van der Waals surface area contributed by atoms with Crippen molar-refractivity contribution in [3.05, 3.63) is 89.9 Å². The summed E-state index contributed by atoms with van der Waals surface area (Å²) in [6.45, 7) is 2.66. The first-order chi connectivity index (χ1) is 22.4. The van der Waals surface area contributed by atoms with Crippen LogP contribution in [0.5, 0.6) is 11.5 Å². The molecule has 5 aromatic rings. The summed E-state index contributed by atoms with van der Waals surface area (Å²) in [7, 11) is 0. The highest BCUT2D eigenvalue weighted by molar-refractivity contribution is 5.91. The largest absolute Gasteiger partial charge is 0.449 e. The van der Waals surface area contributed by atoms with Crippen molar-refractivity contribution in [2.75, 3.05) is 12.3 Å². The molecule has 2 aliphatic rings. The summed E-state index contributed by atoms with van der Waals surface area (Å²) in [5.41, 5.74) is 16.7. The minimum atomic E-state index is -0.790. The molecule has 10 nitrogen and oxygen atoms in total. The SMILES string of the molecule is C[C@@]1(CCc2ccccc2)Oc2cccc(CC(NC(=O)C3CCC(CN)CC3)c3ncc(-c4ccc5c(N)n[nH]c5c4)[nH]3)c2O1. The number of ether oxygens (including phenoxy) is 2. The van der Waals surface area contributed by atoms with Crippen LogP contribution in [0.15, 0.2) is 72.9 Å². The molecule has 7 rings (SSSR count). The van der Waals surface area contributed by atoms with Gasteiger partial charge in [0.25, 0.3) is 0 Å². The molecule has 0 spiro atoms. The maximum absolute atomic E-state index is 13.7. The van der Waals surface area contributed by atoms with Crippen molar-refractivity contribution in [3.8, 4) is 22.8 Å². The van der Waals surface area contributed by atoms with Crippen LogP contribution >= 0.6 is 0 Å². The van der Waals surface area contributed by atoms with Crippen molar-refractivity contribution in [3.63, 3.8) is 0 Å². The maximum atomic E-state index is 13.7. The third-order valence-electron chi connectivity index (χ3n) is 9.54. The van der Waals surface area contributed by atoms with Crippen LogP contribution in [0.4, 0.5) is 5.82 Å². The standard InChI is InChI=1S/C36H41N7O3/c1-36(17-16-22-6-3-2-4-7-22)45-31-9-5-8-26(32(31)46-36)19-29(41-35(44)24-12-10-23(20-37)11-13-24)34-39-21-30(40-34)25-14-15-27-28(18-25)42-43-33(27)38/h2-9,14-15,18,21,23-24,29H,10-13,16-17,19-20,37H2,1H3,(H,39,40)(H,41,44)(H3,38,42,43)/t23?,24?,29?,36-/m1/s1. The van der Waals surface area contributed by atoms with Crippen molar-refractivity contribution < 1.29 is 14.3 Å². The van der Waals surface area contributed by atoms with Gasteiger partial charge in [0.15, 0.2) is 17.3 Å². The predicted octanol–water partition coefficient (Wildman–Crippen LogP) is 5.82. The Morgan fingerprint density at radius 3 is 2.70 bits per heavy atom. The Labute approximate surface area is 268 Å². The van der Waals surface area contributed by atoms with Crippen molar-refractivity contribution in [1.82, 2.24) is 25.5 Å². The number of aromatic nitrogens is 4. The molecular weight excluding hydrogens is 578 g/mol. The third-order valence-corrected chi connectivity index (χ3v) is 9.54. The topological polar surface area (TPSA) is 157 Å². The molecule has 1 aliphatic carbocycles. The second-order valence-electron chi connectivity index (χ2n) is 12.8. The Bertz CT molecular complexity index is 1830. The van der Waals surface area contributed by atoms with Gasteiger partial charge >= 0.3 is 0 Å². The molecule has 238 valence electrons. The van der Waals surface area contributed by atoms with Crippen molar-refractivity contribution >= 4 is 22.6 Å². The number of rotatable bonds is 10. The zero-order valence-corrected chi connectivity index (χ0v) is 26.1. The summed E-state index contributed by atoms with van der Waals surface area (Å²) >= 11 is 0.